The first kappa shape index (κ1) is 17.8. The summed E-state index contributed by atoms with van der Waals surface area (Å²) in [4.78, 5) is 25.1. The molecule has 3 rings (SSSR count). The van der Waals surface area contributed by atoms with Gasteiger partial charge < -0.3 is 9.73 Å². The molecule has 132 valence electrons. The van der Waals surface area contributed by atoms with Crippen molar-refractivity contribution in [3.63, 3.8) is 0 Å². The molecule has 3 amide bonds. The van der Waals surface area contributed by atoms with E-state index in [1.807, 2.05) is 12.1 Å². The van der Waals surface area contributed by atoms with Crippen molar-refractivity contribution in [1.29, 1.82) is 0 Å². The van der Waals surface area contributed by atoms with E-state index >= 15 is 0 Å². The lowest BCUT2D eigenvalue weighted by Gasteiger charge is -2.15. The number of halogens is 1. The molecule has 1 aromatic carbocycles. The van der Waals surface area contributed by atoms with E-state index in [4.69, 9.17) is 16.0 Å². The molecule has 2 aromatic rings. The van der Waals surface area contributed by atoms with Crippen LogP contribution in [0.4, 0.5) is 4.79 Å². The van der Waals surface area contributed by atoms with Crippen LogP contribution < -0.4 is 5.32 Å². The van der Waals surface area contributed by atoms with Crippen LogP contribution in [0.1, 0.15) is 20.3 Å². The highest BCUT2D eigenvalue weighted by atomic mass is 35.5. The van der Waals surface area contributed by atoms with Gasteiger partial charge in [-0.15, -0.1) is 10.2 Å². The summed E-state index contributed by atoms with van der Waals surface area (Å²) in [6.07, 6.45) is 0.634. The zero-order valence-corrected chi connectivity index (χ0v) is 15.4. The van der Waals surface area contributed by atoms with Gasteiger partial charge in [0.15, 0.2) is 0 Å². The van der Waals surface area contributed by atoms with Crippen LogP contribution in [-0.4, -0.2) is 44.9 Å². The summed E-state index contributed by atoms with van der Waals surface area (Å²) in [6, 6.07) is 6.83. The lowest BCUT2D eigenvalue weighted by Crippen LogP contribution is -2.40. The third-order valence-electron chi connectivity index (χ3n) is 3.67. The third-order valence-corrected chi connectivity index (χ3v) is 4.81. The molecule has 0 spiro atoms. The Morgan fingerprint density at radius 2 is 2.12 bits per heavy atom. The number of urea groups is 1. The number of nitrogens with one attached hydrogen (secondary N) is 1. The fourth-order valence-electron chi connectivity index (χ4n) is 2.41. The second kappa shape index (κ2) is 7.05. The Hall–Kier alpha value is -2.06. The second-order valence-corrected chi connectivity index (χ2v) is 7.58. The van der Waals surface area contributed by atoms with Crippen LogP contribution in [0.15, 0.2) is 33.9 Å². The molecular formula is C16H17ClN4O3S. The first-order valence-electron chi connectivity index (χ1n) is 7.73. The smallest absolute Gasteiger partial charge is 0.325 e. The number of benzene rings is 1. The SMILES string of the molecule is CC1(C)NC(=O)N(CCCSc2nnc(-c3cccc(Cl)c3)o2)C1=O. The zero-order chi connectivity index (χ0) is 18.0. The molecule has 0 radical (unpaired) electrons. The number of aromatic nitrogens is 2. The summed E-state index contributed by atoms with van der Waals surface area (Å²) in [7, 11) is 0. The van der Waals surface area contributed by atoms with Gasteiger partial charge in [0, 0.05) is 22.9 Å². The molecule has 1 N–H and O–H groups in total. The maximum absolute atomic E-state index is 12.1. The highest BCUT2D eigenvalue weighted by Gasteiger charge is 2.43. The maximum atomic E-state index is 12.1. The Morgan fingerprint density at radius 1 is 1.32 bits per heavy atom. The molecule has 1 aromatic heterocycles. The first-order chi connectivity index (χ1) is 11.9. The van der Waals surface area contributed by atoms with E-state index in [2.05, 4.69) is 15.5 Å². The number of nitrogens with zero attached hydrogens (tertiary/aromatic N) is 3. The minimum absolute atomic E-state index is 0.205. The van der Waals surface area contributed by atoms with E-state index < -0.39 is 5.54 Å². The minimum atomic E-state index is -0.831. The number of thioether (sulfide) groups is 1. The molecule has 0 aliphatic carbocycles. The third kappa shape index (κ3) is 3.96. The average Bonchev–Trinajstić information content (AvgIpc) is 3.09. The van der Waals surface area contributed by atoms with Crippen LogP contribution >= 0.6 is 23.4 Å². The minimum Gasteiger partial charge on any atom is -0.411 e. The van der Waals surface area contributed by atoms with Crippen molar-refractivity contribution in [2.24, 2.45) is 0 Å². The number of rotatable bonds is 6. The molecule has 0 atom stereocenters. The second-order valence-electron chi connectivity index (χ2n) is 6.10. The van der Waals surface area contributed by atoms with E-state index in [9.17, 15) is 9.59 Å². The molecule has 25 heavy (non-hydrogen) atoms. The van der Waals surface area contributed by atoms with Gasteiger partial charge in [-0.2, -0.15) is 0 Å². The molecule has 0 unspecified atom stereocenters. The summed E-state index contributed by atoms with van der Waals surface area (Å²) >= 11 is 7.33. The highest BCUT2D eigenvalue weighted by Crippen LogP contribution is 2.25. The van der Waals surface area contributed by atoms with Gasteiger partial charge in [-0.1, -0.05) is 29.4 Å². The lowest BCUT2D eigenvalue weighted by atomic mass is 10.1. The van der Waals surface area contributed by atoms with E-state index in [0.717, 1.165) is 5.56 Å². The fraction of sp³-hybridized carbons (Fsp3) is 0.375. The molecule has 1 saturated heterocycles. The average molecular weight is 381 g/mol. The Bertz CT molecular complexity index is 808. The van der Waals surface area contributed by atoms with E-state index in [0.29, 0.717) is 34.9 Å². The van der Waals surface area contributed by atoms with E-state index in [1.165, 1.54) is 16.7 Å². The summed E-state index contributed by atoms with van der Waals surface area (Å²) in [5.74, 6) is 0.846. The Labute approximate surface area is 154 Å². The quantitative estimate of drug-likeness (QED) is 0.470. The maximum Gasteiger partial charge on any atom is 0.325 e. The van der Waals surface area contributed by atoms with Crippen LogP contribution in [0, 0.1) is 0 Å². The zero-order valence-electron chi connectivity index (χ0n) is 13.8. The monoisotopic (exact) mass is 380 g/mol. The topological polar surface area (TPSA) is 88.3 Å². The summed E-state index contributed by atoms with van der Waals surface area (Å²) in [5, 5.41) is 11.7. The van der Waals surface area contributed by atoms with E-state index in [-0.39, 0.29) is 11.9 Å². The van der Waals surface area contributed by atoms with E-state index in [1.54, 1.807) is 26.0 Å². The summed E-state index contributed by atoms with van der Waals surface area (Å²) < 4.78 is 5.59. The predicted octanol–water partition coefficient (Wildman–Crippen LogP) is 3.20. The van der Waals surface area contributed by atoms with Gasteiger partial charge in [0.05, 0.1) is 0 Å². The number of imide groups is 1. The number of hydrogen-bond donors (Lipinski definition) is 1. The molecule has 2 heterocycles. The normalized spacial score (nSPS) is 16.4. The van der Waals surface area contributed by atoms with Crippen molar-refractivity contribution in [2.75, 3.05) is 12.3 Å². The van der Waals surface area contributed by atoms with Crippen LogP contribution in [0.3, 0.4) is 0 Å². The number of hydrogen-bond acceptors (Lipinski definition) is 6. The van der Waals surface area contributed by atoms with Crippen molar-refractivity contribution in [3.8, 4) is 11.5 Å². The molecule has 1 aliphatic rings. The van der Waals surface area contributed by atoms with Gasteiger partial charge in [0.2, 0.25) is 5.89 Å². The number of carbonyl (C=O) groups excluding carboxylic acids is 2. The molecule has 0 bridgehead atoms. The van der Waals surface area contributed by atoms with Crippen molar-refractivity contribution in [3.05, 3.63) is 29.3 Å². The molecule has 0 saturated carbocycles. The molecule has 1 fully saturated rings. The number of carbonyl (C=O) groups is 2. The summed E-state index contributed by atoms with van der Waals surface area (Å²) in [5.41, 5.74) is -0.0730. The van der Waals surface area contributed by atoms with Gasteiger partial charge in [-0.25, -0.2) is 4.79 Å². The van der Waals surface area contributed by atoms with Gasteiger partial charge >= 0.3 is 6.03 Å². The Morgan fingerprint density at radius 3 is 2.80 bits per heavy atom. The van der Waals surface area contributed by atoms with Gasteiger partial charge in [0.1, 0.15) is 5.54 Å². The number of amides is 3. The highest BCUT2D eigenvalue weighted by molar-refractivity contribution is 7.99. The standard InChI is InChI=1S/C16H17ClN4O3S/c1-16(2)13(22)21(14(23)18-16)7-4-8-25-15-20-19-12(24-15)10-5-3-6-11(17)9-10/h3,5-6,9H,4,7-8H2,1-2H3,(H,18,23). The molecule has 1 aliphatic heterocycles. The van der Waals surface area contributed by atoms with Crippen molar-refractivity contribution >= 4 is 35.3 Å². The van der Waals surface area contributed by atoms with Crippen LogP contribution in [0.2, 0.25) is 5.02 Å². The molecule has 9 heteroatoms. The predicted molar refractivity (Wildman–Crippen MR) is 94.4 cm³/mol. The van der Waals surface area contributed by atoms with Crippen molar-refractivity contribution < 1.29 is 14.0 Å². The lowest BCUT2D eigenvalue weighted by molar-refractivity contribution is -0.130. The van der Waals surface area contributed by atoms with Gasteiger partial charge in [-0.3, -0.25) is 9.69 Å². The van der Waals surface area contributed by atoms with Crippen LogP contribution in [0.5, 0.6) is 0 Å². The fourth-order valence-corrected chi connectivity index (χ4v) is 3.28. The summed E-state index contributed by atoms with van der Waals surface area (Å²) in [6.45, 7) is 3.74. The van der Waals surface area contributed by atoms with Gasteiger partial charge in [0.25, 0.3) is 11.1 Å². The van der Waals surface area contributed by atoms with Gasteiger partial charge in [-0.05, 0) is 38.5 Å². The largest absolute Gasteiger partial charge is 0.411 e. The Kier molecular flexibility index (Phi) is 5.01. The molecular weight excluding hydrogens is 364 g/mol. The van der Waals surface area contributed by atoms with Crippen molar-refractivity contribution in [2.45, 2.75) is 31.0 Å². The Balaban J connectivity index is 1.50. The van der Waals surface area contributed by atoms with Crippen LogP contribution in [0.25, 0.3) is 11.5 Å². The molecule has 7 nitrogen and oxygen atoms in total. The van der Waals surface area contributed by atoms with Crippen molar-refractivity contribution in [1.82, 2.24) is 20.4 Å². The first-order valence-corrected chi connectivity index (χ1v) is 9.09. The van der Waals surface area contributed by atoms with Crippen LogP contribution in [-0.2, 0) is 4.79 Å².